The van der Waals surface area contributed by atoms with E-state index >= 15 is 0 Å². The zero-order valence-electron chi connectivity index (χ0n) is 10.4. The Kier molecular flexibility index (Phi) is 4.75. The molecule has 0 bridgehead atoms. The van der Waals surface area contributed by atoms with Crippen molar-refractivity contribution in [2.45, 2.75) is 45.6 Å². The highest BCUT2D eigenvalue weighted by Crippen LogP contribution is 2.45. The van der Waals surface area contributed by atoms with Gasteiger partial charge in [-0.05, 0) is 42.6 Å². The summed E-state index contributed by atoms with van der Waals surface area (Å²) in [5, 5.41) is 18.5. The average molecular weight is 224 g/mol. The first kappa shape index (κ1) is 13.5. The van der Waals surface area contributed by atoms with E-state index in [4.69, 9.17) is 5.11 Å². The largest absolute Gasteiger partial charge is 0.392 e. The van der Waals surface area contributed by atoms with Crippen LogP contribution in [-0.2, 0) is 0 Å². The lowest BCUT2D eigenvalue weighted by Gasteiger charge is -2.42. The summed E-state index contributed by atoms with van der Waals surface area (Å²) in [4.78, 5) is 0. The van der Waals surface area contributed by atoms with Crippen LogP contribution in [0.3, 0.4) is 0 Å². The van der Waals surface area contributed by atoms with Gasteiger partial charge in [0.2, 0.25) is 0 Å². The summed E-state index contributed by atoms with van der Waals surface area (Å²) in [7, 11) is 0. The third-order valence-electron chi connectivity index (χ3n) is 3.78. The van der Waals surface area contributed by atoms with Crippen molar-refractivity contribution in [1.82, 2.24) is 0 Å². The van der Waals surface area contributed by atoms with E-state index < -0.39 is 0 Å². The van der Waals surface area contributed by atoms with E-state index in [9.17, 15) is 5.11 Å². The molecule has 0 aromatic heterocycles. The molecule has 92 valence electrons. The van der Waals surface area contributed by atoms with Crippen LogP contribution in [0, 0.1) is 11.3 Å². The summed E-state index contributed by atoms with van der Waals surface area (Å²) in [6.45, 7) is 8.67. The second kappa shape index (κ2) is 5.65. The van der Waals surface area contributed by atoms with Crippen LogP contribution in [-0.4, -0.2) is 22.9 Å². The molecule has 2 N–H and O–H groups in total. The molecule has 0 aromatic rings. The number of aliphatic hydroxyl groups excluding tert-OH is 2. The van der Waals surface area contributed by atoms with Crippen molar-refractivity contribution >= 4 is 0 Å². The van der Waals surface area contributed by atoms with Crippen molar-refractivity contribution in [3.63, 3.8) is 0 Å². The van der Waals surface area contributed by atoms with Crippen molar-refractivity contribution < 1.29 is 10.2 Å². The van der Waals surface area contributed by atoms with Gasteiger partial charge in [-0.15, -0.1) is 0 Å². The summed E-state index contributed by atoms with van der Waals surface area (Å²) in [5.74, 6) is 0.389. The minimum atomic E-state index is -0.320. The van der Waals surface area contributed by atoms with Gasteiger partial charge >= 0.3 is 0 Å². The number of aliphatic hydroxyl groups is 2. The van der Waals surface area contributed by atoms with Gasteiger partial charge in [-0.1, -0.05) is 32.6 Å². The number of allylic oxidation sites excluding steroid dienone is 1. The molecule has 2 nitrogen and oxygen atoms in total. The highest BCUT2D eigenvalue weighted by Gasteiger charge is 2.37. The van der Waals surface area contributed by atoms with E-state index in [1.165, 1.54) is 0 Å². The first-order chi connectivity index (χ1) is 7.49. The van der Waals surface area contributed by atoms with Gasteiger partial charge in [0.05, 0.1) is 12.7 Å². The molecule has 1 aliphatic carbocycles. The SMILES string of the molecule is C=C1[C@H](O)CCC(C)(C)[C@@H]1CC/C=C/CO. The van der Waals surface area contributed by atoms with E-state index in [0.29, 0.717) is 5.92 Å². The van der Waals surface area contributed by atoms with Gasteiger partial charge in [0, 0.05) is 0 Å². The molecule has 0 saturated heterocycles. The minimum Gasteiger partial charge on any atom is -0.392 e. The Morgan fingerprint density at radius 1 is 1.44 bits per heavy atom. The highest BCUT2D eigenvalue weighted by atomic mass is 16.3. The van der Waals surface area contributed by atoms with E-state index in [0.717, 1.165) is 31.3 Å². The van der Waals surface area contributed by atoms with Crippen LogP contribution in [0.4, 0.5) is 0 Å². The van der Waals surface area contributed by atoms with Crippen LogP contribution in [0.15, 0.2) is 24.3 Å². The predicted octanol–water partition coefficient (Wildman–Crippen LogP) is 2.67. The molecule has 0 radical (unpaired) electrons. The summed E-state index contributed by atoms with van der Waals surface area (Å²) in [6, 6.07) is 0. The number of hydrogen-bond donors (Lipinski definition) is 2. The van der Waals surface area contributed by atoms with Crippen molar-refractivity contribution in [1.29, 1.82) is 0 Å². The van der Waals surface area contributed by atoms with Crippen LogP contribution in [0.25, 0.3) is 0 Å². The molecule has 0 aromatic carbocycles. The summed E-state index contributed by atoms with van der Waals surface area (Å²) in [6.07, 6.45) is 7.31. The zero-order chi connectivity index (χ0) is 12.2. The van der Waals surface area contributed by atoms with Gasteiger partial charge in [-0.25, -0.2) is 0 Å². The first-order valence-corrected chi connectivity index (χ1v) is 6.11. The molecule has 2 atom stereocenters. The standard InChI is InChI=1S/C14H24O2/c1-11-12(7-5-4-6-10-15)14(2,3)9-8-13(11)16/h4,6,12-13,15-16H,1,5,7-10H2,2-3H3/b6-4+/t12-,13-/m1/s1. The Balaban J connectivity index is 2.58. The lowest BCUT2D eigenvalue weighted by Crippen LogP contribution is -2.36. The Hall–Kier alpha value is -0.600. The molecule has 0 aliphatic heterocycles. The maximum absolute atomic E-state index is 9.83. The second-order valence-corrected chi connectivity index (χ2v) is 5.40. The van der Waals surface area contributed by atoms with Gasteiger partial charge in [0.25, 0.3) is 0 Å². The topological polar surface area (TPSA) is 40.5 Å². The third kappa shape index (κ3) is 3.19. The molecule has 0 heterocycles. The number of hydrogen-bond acceptors (Lipinski definition) is 2. The molecular formula is C14H24O2. The fraction of sp³-hybridized carbons (Fsp3) is 0.714. The zero-order valence-corrected chi connectivity index (χ0v) is 10.4. The van der Waals surface area contributed by atoms with E-state index in [1.54, 1.807) is 6.08 Å². The van der Waals surface area contributed by atoms with Gasteiger partial charge in [-0.3, -0.25) is 0 Å². The summed E-state index contributed by atoms with van der Waals surface area (Å²) in [5.41, 5.74) is 1.23. The lowest BCUT2D eigenvalue weighted by molar-refractivity contribution is 0.0833. The monoisotopic (exact) mass is 224 g/mol. The first-order valence-electron chi connectivity index (χ1n) is 6.11. The normalized spacial score (nSPS) is 29.9. The van der Waals surface area contributed by atoms with E-state index in [2.05, 4.69) is 20.4 Å². The predicted molar refractivity (Wildman–Crippen MR) is 67.1 cm³/mol. The minimum absolute atomic E-state index is 0.109. The highest BCUT2D eigenvalue weighted by molar-refractivity contribution is 5.14. The van der Waals surface area contributed by atoms with Crippen LogP contribution in [0.2, 0.25) is 0 Å². The summed E-state index contributed by atoms with van der Waals surface area (Å²) < 4.78 is 0. The number of rotatable bonds is 4. The molecule has 1 aliphatic rings. The van der Waals surface area contributed by atoms with Crippen molar-refractivity contribution in [3.05, 3.63) is 24.3 Å². The Labute approximate surface area is 98.7 Å². The van der Waals surface area contributed by atoms with Gasteiger partial charge in [0.1, 0.15) is 0 Å². The van der Waals surface area contributed by atoms with Crippen LogP contribution < -0.4 is 0 Å². The Morgan fingerprint density at radius 2 is 2.12 bits per heavy atom. The summed E-state index contributed by atoms with van der Waals surface area (Å²) >= 11 is 0. The Bertz CT molecular complexity index is 266. The quantitative estimate of drug-likeness (QED) is 0.721. The maximum atomic E-state index is 9.83. The van der Waals surface area contributed by atoms with Crippen LogP contribution in [0.1, 0.15) is 39.5 Å². The maximum Gasteiger partial charge on any atom is 0.0750 e. The van der Waals surface area contributed by atoms with Crippen molar-refractivity contribution in [3.8, 4) is 0 Å². The van der Waals surface area contributed by atoms with Gasteiger partial charge in [-0.2, -0.15) is 0 Å². The molecule has 2 heteroatoms. The molecule has 0 unspecified atom stereocenters. The molecule has 1 rings (SSSR count). The fourth-order valence-corrected chi connectivity index (χ4v) is 2.63. The van der Waals surface area contributed by atoms with E-state index in [-0.39, 0.29) is 18.1 Å². The van der Waals surface area contributed by atoms with Crippen molar-refractivity contribution in [2.24, 2.45) is 11.3 Å². The third-order valence-corrected chi connectivity index (χ3v) is 3.78. The molecule has 0 amide bonds. The van der Waals surface area contributed by atoms with E-state index in [1.807, 2.05) is 6.08 Å². The van der Waals surface area contributed by atoms with Crippen LogP contribution in [0.5, 0.6) is 0 Å². The molecule has 1 fully saturated rings. The van der Waals surface area contributed by atoms with Gasteiger partial charge < -0.3 is 10.2 Å². The van der Waals surface area contributed by atoms with Crippen LogP contribution >= 0.6 is 0 Å². The molecule has 0 spiro atoms. The van der Waals surface area contributed by atoms with Crippen molar-refractivity contribution in [2.75, 3.05) is 6.61 Å². The average Bonchev–Trinajstić information content (AvgIpc) is 2.23. The molecule has 16 heavy (non-hydrogen) atoms. The van der Waals surface area contributed by atoms with Gasteiger partial charge in [0.15, 0.2) is 0 Å². The fourth-order valence-electron chi connectivity index (χ4n) is 2.63. The molecular weight excluding hydrogens is 200 g/mol. The lowest BCUT2D eigenvalue weighted by atomic mass is 9.64. The second-order valence-electron chi connectivity index (χ2n) is 5.40. The Morgan fingerprint density at radius 3 is 2.75 bits per heavy atom. The smallest absolute Gasteiger partial charge is 0.0750 e. The molecule has 1 saturated carbocycles.